The van der Waals surface area contributed by atoms with Gasteiger partial charge in [0.2, 0.25) is 0 Å². The molecule has 0 atom stereocenters. The van der Waals surface area contributed by atoms with Gasteiger partial charge in [0.1, 0.15) is 0 Å². The molecule has 0 rings (SSSR count). The van der Waals surface area contributed by atoms with Gasteiger partial charge in [-0.3, -0.25) is 9.59 Å². The van der Waals surface area contributed by atoms with Crippen molar-refractivity contribution in [2.45, 2.75) is 20.3 Å². The molecule has 0 saturated carbocycles. The van der Waals surface area contributed by atoms with Gasteiger partial charge in [-0.1, -0.05) is 0 Å². The lowest BCUT2D eigenvalue weighted by Crippen LogP contribution is -2.06. The summed E-state index contributed by atoms with van der Waals surface area (Å²) >= 11 is 0. The Morgan fingerprint density at radius 3 is 1.15 bits per heavy atom. The molecule has 0 aliphatic carbocycles. The molecule has 6 nitrogen and oxygen atoms in total. The molecule has 6 heteroatoms. The Morgan fingerprint density at radius 1 is 1.00 bits per heavy atom. The Morgan fingerprint density at radius 2 is 1.15 bits per heavy atom. The van der Waals surface area contributed by atoms with E-state index in [0.717, 1.165) is 33.4 Å². The van der Waals surface area contributed by atoms with Crippen LogP contribution in [0.4, 0.5) is 0 Å². The van der Waals surface area contributed by atoms with Crippen molar-refractivity contribution in [3.05, 3.63) is 0 Å². The summed E-state index contributed by atoms with van der Waals surface area (Å²) in [4.78, 5) is 18.0. The zero-order chi connectivity index (χ0) is 11.3. The smallest absolute Gasteiger partial charge is 0.300 e. The fourth-order valence-corrected chi connectivity index (χ4v) is 0.118. The molecule has 0 aromatic carbocycles. The summed E-state index contributed by atoms with van der Waals surface area (Å²) in [6.45, 7) is 3.60. The molecular weight excluding hydrogens is 176 g/mol. The average Bonchev–Trinajstić information content (AvgIpc) is 1.86. The van der Waals surface area contributed by atoms with Gasteiger partial charge < -0.3 is 21.7 Å². The topological polar surface area (TPSA) is 127 Å². The molecule has 13 heavy (non-hydrogen) atoms. The maximum atomic E-state index is 9.00. The third kappa shape index (κ3) is 1150. The van der Waals surface area contributed by atoms with E-state index in [0.29, 0.717) is 0 Å². The maximum absolute atomic E-state index is 9.00. The maximum Gasteiger partial charge on any atom is 0.300 e. The van der Waals surface area contributed by atoms with Crippen molar-refractivity contribution in [3.8, 4) is 0 Å². The molecule has 80 valence electrons. The van der Waals surface area contributed by atoms with Crippen LogP contribution in [-0.2, 0) is 9.59 Å². The van der Waals surface area contributed by atoms with E-state index >= 15 is 0 Å². The third-order valence-corrected chi connectivity index (χ3v) is 0.408. The Hall–Kier alpha value is -1.14. The van der Waals surface area contributed by atoms with Gasteiger partial charge in [0, 0.05) is 13.8 Å². The standard InChI is InChI=1S/C3H10N2.2C2H4O2/c4-2-1-3-5;2*1-2(3)4/h1-5H2;2*1H3,(H,3,4). The average molecular weight is 194 g/mol. The van der Waals surface area contributed by atoms with Gasteiger partial charge in [-0.05, 0) is 19.5 Å². The van der Waals surface area contributed by atoms with Gasteiger partial charge >= 0.3 is 0 Å². The van der Waals surface area contributed by atoms with E-state index in [1.807, 2.05) is 0 Å². The molecule has 0 aliphatic heterocycles. The molecule has 0 fully saturated rings. The predicted octanol–water partition coefficient (Wildman–Crippen LogP) is -0.524. The summed E-state index contributed by atoms with van der Waals surface area (Å²) in [6, 6.07) is 0. The molecule has 0 spiro atoms. The summed E-state index contributed by atoms with van der Waals surface area (Å²) in [5.74, 6) is -1.67. The Labute approximate surface area is 77.5 Å². The van der Waals surface area contributed by atoms with E-state index in [2.05, 4.69) is 0 Å². The highest BCUT2D eigenvalue weighted by molar-refractivity contribution is 5.63. The van der Waals surface area contributed by atoms with Gasteiger partial charge in [-0.2, -0.15) is 0 Å². The number of carboxylic acids is 2. The summed E-state index contributed by atoms with van der Waals surface area (Å²) in [5.41, 5.74) is 10.1. The summed E-state index contributed by atoms with van der Waals surface area (Å²) in [6.07, 6.45) is 0.944. The molecule has 0 aliphatic rings. The molecule has 0 unspecified atom stereocenters. The summed E-state index contributed by atoms with van der Waals surface area (Å²) in [7, 11) is 0. The second kappa shape index (κ2) is 17.1. The first-order valence-electron chi connectivity index (χ1n) is 3.67. The van der Waals surface area contributed by atoms with Crippen LogP contribution in [0.25, 0.3) is 0 Å². The molecule has 0 bridgehead atoms. The predicted molar refractivity (Wildman–Crippen MR) is 49.3 cm³/mol. The molecule has 0 saturated heterocycles. The molecule has 0 amide bonds. The number of hydrogen-bond donors (Lipinski definition) is 4. The minimum atomic E-state index is -0.833. The summed E-state index contributed by atoms with van der Waals surface area (Å²) < 4.78 is 0. The minimum Gasteiger partial charge on any atom is -0.481 e. The van der Waals surface area contributed by atoms with Gasteiger partial charge in [0.25, 0.3) is 11.9 Å². The zero-order valence-electron chi connectivity index (χ0n) is 7.99. The van der Waals surface area contributed by atoms with Crippen LogP contribution in [-0.4, -0.2) is 35.2 Å². The number of carboxylic acid groups (broad SMARTS) is 2. The van der Waals surface area contributed by atoms with Gasteiger partial charge in [-0.15, -0.1) is 0 Å². The number of aliphatic carboxylic acids is 2. The van der Waals surface area contributed by atoms with Crippen LogP contribution in [0, 0.1) is 0 Å². The lowest BCUT2D eigenvalue weighted by Gasteiger charge is -1.81. The molecule has 0 radical (unpaired) electrons. The number of rotatable bonds is 2. The van der Waals surface area contributed by atoms with Crippen molar-refractivity contribution >= 4 is 11.9 Å². The van der Waals surface area contributed by atoms with Gasteiger partial charge in [0.05, 0.1) is 0 Å². The van der Waals surface area contributed by atoms with Crippen LogP contribution >= 0.6 is 0 Å². The Balaban J connectivity index is -0.000000117. The van der Waals surface area contributed by atoms with Crippen LogP contribution in [0.15, 0.2) is 0 Å². The first-order valence-corrected chi connectivity index (χ1v) is 3.67. The Kier molecular flexibility index (Phi) is 23.4. The minimum absolute atomic E-state index is 0.719. The van der Waals surface area contributed by atoms with Crippen molar-refractivity contribution in [2.24, 2.45) is 11.5 Å². The van der Waals surface area contributed by atoms with E-state index < -0.39 is 11.9 Å². The van der Waals surface area contributed by atoms with E-state index in [-0.39, 0.29) is 0 Å². The lowest BCUT2D eigenvalue weighted by molar-refractivity contribution is -0.135. The van der Waals surface area contributed by atoms with Crippen LogP contribution in [0.3, 0.4) is 0 Å². The monoisotopic (exact) mass is 194 g/mol. The van der Waals surface area contributed by atoms with Gasteiger partial charge in [0.15, 0.2) is 0 Å². The summed E-state index contributed by atoms with van der Waals surface area (Å²) in [5, 5.41) is 14.8. The van der Waals surface area contributed by atoms with E-state index in [1.165, 1.54) is 0 Å². The van der Waals surface area contributed by atoms with E-state index in [4.69, 9.17) is 31.3 Å². The normalized spacial score (nSPS) is 7.08. The highest BCUT2D eigenvalue weighted by Gasteiger charge is 1.67. The fraction of sp³-hybridized carbons (Fsp3) is 0.714. The first kappa shape index (κ1) is 17.8. The third-order valence-electron chi connectivity index (χ3n) is 0.408. The quantitative estimate of drug-likeness (QED) is 0.468. The molecule has 0 heterocycles. The Bertz CT molecular complexity index is 106. The van der Waals surface area contributed by atoms with Crippen molar-refractivity contribution in [2.75, 3.05) is 13.1 Å². The second-order valence-corrected chi connectivity index (χ2v) is 1.97. The zero-order valence-corrected chi connectivity index (χ0v) is 7.99. The van der Waals surface area contributed by atoms with Crippen molar-refractivity contribution in [1.82, 2.24) is 0 Å². The van der Waals surface area contributed by atoms with Crippen molar-refractivity contribution in [3.63, 3.8) is 0 Å². The van der Waals surface area contributed by atoms with E-state index in [9.17, 15) is 0 Å². The number of nitrogens with two attached hydrogens (primary N) is 2. The lowest BCUT2D eigenvalue weighted by atomic mass is 10.4. The molecule has 0 aromatic rings. The molecular formula is C7H18N2O4. The molecule has 6 N–H and O–H groups in total. The van der Waals surface area contributed by atoms with Crippen molar-refractivity contribution < 1.29 is 19.8 Å². The highest BCUT2D eigenvalue weighted by atomic mass is 16.4. The SMILES string of the molecule is CC(=O)O.CC(=O)O.NCCCN. The number of hydrogen-bond acceptors (Lipinski definition) is 4. The van der Waals surface area contributed by atoms with Crippen LogP contribution < -0.4 is 11.5 Å². The first-order chi connectivity index (χ1) is 5.88. The van der Waals surface area contributed by atoms with Gasteiger partial charge in [-0.25, -0.2) is 0 Å². The fourth-order valence-electron chi connectivity index (χ4n) is 0.118. The van der Waals surface area contributed by atoms with Crippen LogP contribution in [0.1, 0.15) is 20.3 Å². The largest absolute Gasteiger partial charge is 0.481 e. The number of carbonyl (C=O) groups is 2. The second-order valence-electron chi connectivity index (χ2n) is 1.97. The van der Waals surface area contributed by atoms with Crippen LogP contribution in [0.5, 0.6) is 0 Å². The van der Waals surface area contributed by atoms with Crippen molar-refractivity contribution in [1.29, 1.82) is 0 Å². The molecule has 0 aromatic heterocycles. The highest BCUT2D eigenvalue weighted by Crippen LogP contribution is 1.58. The van der Waals surface area contributed by atoms with E-state index in [1.54, 1.807) is 0 Å². The van der Waals surface area contributed by atoms with Crippen LogP contribution in [0.2, 0.25) is 0 Å².